The van der Waals surface area contributed by atoms with Crippen molar-refractivity contribution in [2.24, 2.45) is 0 Å². The zero-order valence-electron chi connectivity index (χ0n) is 12.2. The predicted molar refractivity (Wildman–Crippen MR) is 84.8 cm³/mol. The van der Waals surface area contributed by atoms with E-state index in [0.717, 1.165) is 18.4 Å². The number of amides is 1. The van der Waals surface area contributed by atoms with Gasteiger partial charge in [-0.1, -0.05) is 26.0 Å². The Kier molecular flexibility index (Phi) is 5.73. The van der Waals surface area contributed by atoms with Gasteiger partial charge in [-0.25, -0.2) is 0 Å². The molecule has 1 aromatic rings. The fraction of sp³-hybridized carbons (Fsp3) is 0.533. The number of nitrogens with two attached hydrogens (primary N) is 1. The summed E-state index contributed by atoms with van der Waals surface area (Å²) in [5.41, 5.74) is 7.95. The number of hydrogen-bond donors (Lipinski definition) is 2. The summed E-state index contributed by atoms with van der Waals surface area (Å²) in [4.78, 5) is 12.3. The van der Waals surface area contributed by atoms with Crippen molar-refractivity contribution in [3.63, 3.8) is 0 Å². The molecule has 1 amide bonds. The van der Waals surface area contributed by atoms with E-state index >= 15 is 0 Å². The van der Waals surface area contributed by atoms with Crippen LogP contribution in [0, 0.1) is 6.92 Å². The topological polar surface area (TPSA) is 55.1 Å². The molecule has 0 heterocycles. The molecule has 0 fully saturated rings. The van der Waals surface area contributed by atoms with Crippen molar-refractivity contribution in [1.82, 2.24) is 5.32 Å². The van der Waals surface area contributed by atoms with Crippen molar-refractivity contribution < 1.29 is 4.79 Å². The summed E-state index contributed by atoms with van der Waals surface area (Å²) in [5.74, 6) is -0.0732. The number of carbonyl (C=O) groups is 1. The predicted octanol–water partition coefficient (Wildman–Crippen LogP) is 3.23. The van der Waals surface area contributed by atoms with E-state index in [1.807, 2.05) is 30.8 Å². The number of nitrogen functional groups attached to an aromatic ring is 1. The van der Waals surface area contributed by atoms with Gasteiger partial charge in [0, 0.05) is 17.0 Å². The van der Waals surface area contributed by atoms with Crippen LogP contribution >= 0.6 is 11.8 Å². The van der Waals surface area contributed by atoms with E-state index in [9.17, 15) is 4.79 Å². The molecular weight excluding hydrogens is 256 g/mol. The second-order valence-corrected chi connectivity index (χ2v) is 6.09. The quantitative estimate of drug-likeness (QED) is 0.787. The smallest absolute Gasteiger partial charge is 0.253 e. The second-order valence-electron chi connectivity index (χ2n) is 4.82. The van der Waals surface area contributed by atoms with E-state index in [1.54, 1.807) is 6.07 Å². The van der Waals surface area contributed by atoms with E-state index < -0.39 is 0 Å². The first-order valence-corrected chi connectivity index (χ1v) is 7.90. The number of benzene rings is 1. The first-order chi connectivity index (χ1) is 8.99. The lowest BCUT2D eigenvalue weighted by Gasteiger charge is -2.30. The third-order valence-electron chi connectivity index (χ3n) is 3.82. The second kappa shape index (κ2) is 6.85. The molecule has 1 rings (SSSR count). The van der Waals surface area contributed by atoms with Crippen molar-refractivity contribution in [2.75, 3.05) is 18.5 Å². The Morgan fingerprint density at radius 1 is 1.37 bits per heavy atom. The highest BCUT2D eigenvalue weighted by atomic mass is 32.2. The molecule has 106 valence electrons. The van der Waals surface area contributed by atoms with E-state index in [0.29, 0.717) is 17.8 Å². The zero-order chi connectivity index (χ0) is 14.5. The van der Waals surface area contributed by atoms with Crippen LogP contribution < -0.4 is 11.1 Å². The number of thioether (sulfide) groups is 1. The van der Waals surface area contributed by atoms with Crippen LogP contribution in [0.2, 0.25) is 0 Å². The highest BCUT2D eigenvalue weighted by Gasteiger charge is 2.26. The van der Waals surface area contributed by atoms with Gasteiger partial charge < -0.3 is 11.1 Å². The van der Waals surface area contributed by atoms with E-state index in [4.69, 9.17) is 5.73 Å². The Labute approximate surface area is 120 Å². The van der Waals surface area contributed by atoms with Crippen molar-refractivity contribution in [2.45, 2.75) is 38.4 Å². The Bertz CT molecular complexity index is 413. The molecule has 0 saturated heterocycles. The summed E-state index contributed by atoms with van der Waals surface area (Å²) < 4.78 is 0.118. The molecule has 3 nitrogen and oxygen atoms in total. The first-order valence-electron chi connectivity index (χ1n) is 6.68. The number of nitrogens with one attached hydrogen (secondary N) is 1. The molecule has 0 bridgehead atoms. The van der Waals surface area contributed by atoms with Gasteiger partial charge in [-0.3, -0.25) is 4.79 Å². The van der Waals surface area contributed by atoms with Crippen LogP contribution in [0.25, 0.3) is 0 Å². The normalized spacial score (nSPS) is 11.4. The average molecular weight is 280 g/mol. The molecule has 19 heavy (non-hydrogen) atoms. The van der Waals surface area contributed by atoms with Gasteiger partial charge in [-0.15, -0.1) is 0 Å². The maximum atomic E-state index is 12.3. The molecule has 0 aliphatic heterocycles. The SMILES string of the molecule is CCC(CC)(CNC(=O)c1c(C)cccc1N)SC. The van der Waals surface area contributed by atoms with Gasteiger partial charge in [0.25, 0.3) is 5.91 Å². The lowest BCUT2D eigenvalue weighted by molar-refractivity contribution is 0.0949. The summed E-state index contributed by atoms with van der Waals surface area (Å²) in [7, 11) is 0. The van der Waals surface area contributed by atoms with Crippen LogP contribution in [-0.4, -0.2) is 23.5 Å². The van der Waals surface area contributed by atoms with Crippen molar-refractivity contribution in [1.29, 1.82) is 0 Å². The fourth-order valence-corrected chi connectivity index (χ4v) is 2.99. The highest BCUT2D eigenvalue weighted by molar-refractivity contribution is 8.00. The summed E-state index contributed by atoms with van der Waals surface area (Å²) in [6, 6.07) is 5.54. The van der Waals surface area contributed by atoms with E-state index in [-0.39, 0.29) is 10.7 Å². The molecule has 0 unspecified atom stereocenters. The number of rotatable bonds is 6. The van der Waals surface area contributed by atoms with Crippen LogP contribution in [0.15, 0.2) is 18.2 Å². The van der Waals surface area contributed by atoms with Gasteiger partial charge in [-0.2, -0.15) is 11.8 Å². The largest absolute Gasteiger partial charge is 0.398 e. The van der Waals surface area contributed by atoms with Crippen molar-refractivity contribution >= 4 is 23.4 Å². The van der Waals surface area contributed by atoms with Gasteiger partial charge >= 0.3 is 0 Å². The Hall–Kier alpha value is -1.16. The molecule has 4 heteroatoms. The van der Waals surface area contributed by atoms with Gasteiger partial charge in [0.1, 0.15) is 0 Å². The van der Waals surface area contributed by atoms with Gasteiger partial charge in [0.05, 0.1) is 5.56 Å². The van der Waals surface area contributed by atoms with Crippen LogP contribution in [0.3, 0.4) is 0 Å². The number of anilines is 1. The molecule has 1 aromatic carbocycles. The first kappa shape index (κ1) is 15.9. The minimum atomic E-state index is -0.0732. The Morgan fingerprint density at radius 3 is 2.47 bits per heavy atom. The molecule has 0 aliphatic carbocycles. The zero-order valence-corrected chi connectivity index (χ0v) is 13.1. The van der Waals surface area contributed by atoms with Crippen LogP contribution in [0.1, 0.15) is 42.6 Å². The maximum absolute atomic E-state index is 12.3. The third-order valence-corrected chi connectivity index (χ3v) is 5.41. The molecule has 0 aliphatic rings. The lowest BCUT2D eigenvalue weighted by atomic mass is 10.0. The maximum Gasteiger partial charge on any atom is 0.253 e. The number of aryl methyl sites for hydroxylation is 1. The summed E-state index contributed by atoms with van der Waals surface area (Å²) in [5, 5.41) is 3.03. The van der Waals surface area contributed by atoms with Crippen LogP contribution in [0.5, 0.6) is 0 Å². The summed E-state index contributed by atoms with van der Waals surface area (Å²) >= 11 is 1.82. The monoisotopic (exact) mass is 280 g/mol. The molecule has 3 N–H and O–H groups in total. The minimum Gasteiger partial charge on any atom is -0.398 e. The Balaban J connectivity index is 2.81. The van der Waals surface area contributed by atoms with Gasteiger partial charge in [0.15, 0.2) is 0 Å². The van der Waals surface area contributed by atoms with Crippen molar-refractivity contribution in [3.8, 4) is 0 Å². The van der Waals surface area contributed by atoms with Crippen LogP contribution in [-0.2, 0) is 0 Å². The van der Waals surface area contributed by atoms with E-state index in [1.165, 1.54) is 0 Å². The fourth-order valence-electron chi connectivity index (χ4n) is 2.19. The minimum absolute atomic E-state index is 0.0732. The molecule has 0 aromatic heterocycles. The van der Waals surface area contributed by atoms with E-state index in [2.05, 4.69) is 25.4 Å². The summed E-state index contributed by atoms with van der Waals surface area (Å²) in [6.45, 7) is 6.91. The number of carbonyl (C=O) groups excluding carboxylic acids is 1. The molecule has 0 atom stereocenters. The van der Waals surface area contributed by atoms with Gasteiger partial charge in [-0.05, 0) is 37.7 Å². The van der Waals surface area contributed by atoms with Crippen LogP contribution in [0.4, 0.5) is 5.69 Å². The molecule has 0 saturated carbocycles. The molecule has 0 spiro atoms. The third kappa shape index (κ3) is 3.66. The lowest BCUT2D eigenvalue weighted by Crippen LogP contribution is -2.40. The standard InChI is InChI=1S/C15H24N2OS/c1-5-15(6-2,19-4)10-17-14(18)13-11(3)8-7-9-12(13)16/h7-9H,5-6,10,16H2,1-4H3,(H,17,18). The van der Waals surface area contributed by atoms with Gasteiger partial charge in [0.2, 0.25) is 0 Å². The van der Waals surface area contributed by atoms with Crippen molar-refractivity contribution in [3.05, 3.63) is 29.3 Å². The number of hydrogen-bond acceptors (Lipinski definition) is 3. The Morgan fingerprint density at radius 2 is 2.00 bits per heavy atom. The molecular formula is C15H24N2OS. The average Bonchev–Trinajstić information content (AvgIpc) is 2.41. The molecule has 0 radical (unpaired) electrons. The highest BCUT2D eigenvalue weighted by Crippen LogP contribution is 2.29. The summed E-state index contributed by atoms with van der Waals surface area (Å²) in [6.07, 6.45) is 4.17.